The van der Waals surface area contributed by atoms with Crippen molar-refractivity contribution in [2.75, 3.05) is 26.2 Å². The van der Waals surface area contributed by atoms with Gasteiger partial charge in [0.15, 0.2) is 0 Å². The van der Waals surface area contributed by atoms with Crippen molar-refractivity contribution >= 4 is 15.9 Å². The van der Waals surface area contributed by atoms with Crippen LogP contribution >= 0.6 is 0 Å². The lowest BCUT2D eigenvalue weighted by Crippen LogP contribution is -2.44. The molecular formula is C17H26N2O3S. The summed E-state index contributed by atoms with van der Waals surface area (Å²) in [6.07, 6.45) is 1.20. The molecular weight excluding hydrogens is 312 g/mol. The van der Waals surface area contributed by atoms with Crippen molar-refractivity contribution in [3.8, 4) is 0 Å². The molecule has 0 saturated carbocycles. The van der Waals surface area contributed by atoms with E-state index in [0.717, 1.165) is 5.56 Å². The molecule has 23 heavy (non-hydrogen) atoms. The zero-order valence-electron chi connectivity index (χ0n) is 14.2. The van der Waals surface area contributed by atoms with E-state index in [0.29, 0.717) is 43.9 Å². The molecule has 0 aromatic heterocycles. The second-order valence-electron chi connectivity index (χ2n) is 6.01. The fourth-order valence-electron chi connectivity index (χ4n) is 3.06. The van der Waals surface area contributed by atoms with Crippen molar-refractivity contribution in [1.29, 1.82) is 0 Å². The van der Waals surface area contributed by atoms with Crippen LogP contribution in [0.2, 0.25) is 0 Å². The normalized spacial score (nSPS) is 17.2. The molecule has 2 rings (SSSR count). The van der Waals surface area contributed by atoms with Crippen LogP contribution in [0.5, 0.6) is 0 Å². The zero-order valence-corrected chi connectivity index (χ0v) is 15.0. The van der Waals surface area contributed by atoms with Crippen LogP contribution in [0.25, 0.3) is 0 Å². The number of nitrogens with zero attached hydrogens (tertiary/aromatic N) is 2. The monoisotopic (exact) mass is 338 g/mol. The standard InChI is InChI=1S/C17H26N2O3S/c1-4-18(5-2)17(20)15-9-11-19(12-10-15)23(21,22)16-8-6-7-14(3)13-16/h6-8,13,15H,4-5,9-12H2,1-3H3. The highest BCUT2D eigenvalue weighted by molar-refractivity contribution is 7.89. The molecule has 1 aliphatic rings. The van der Waals surface area contributed by atoms with E-state index < -0.39 is 10.0 Å². The van der Waals surface area contributed by atoms with E-state index in [1.807, 2.05) is 31.7 Å². The van der Waals surface area contributed by atoms with Crippen LogP contribution in [-0.2, 0) is 14.8 Å². The number of sulfonamides is 1. The smallest absolute Gasteiger partial charge is 0.243 e. The number of piperidine rings is 1. The molecule has 0 aliphatic carbocycles. The molecule has 0 N–H and O–H groups in total. The highest BCUT2D eigenvalue weighted by atomic mass is 32.2. The van der Waals surface area contributed by atoms with Gasteiger partial charge in [-0.3, -0.25) is 4.79 Å². The van der Waals surface area contributed by atoms with Crippen LogP contribution in [0.15, 0.2) is 29.2 Å². The largest absolute Gasteiger partial charge is 0.343 e. The van der Waals surface area contributed by atoms with Gasteiger partial charge in [-0.2, -0.15) is 4.31 Å². The predicted octanol–water partition coefficient (Wildman–Crippen LogP) is 2.26. The molecule has 128 valence electrons. The van der Waals surface area contributed by atoms with Gasteiger partial charge in [0.1, 0.15) is 0 Å². The molecule has 1 saturated heterocycles. The van der Waals surface area contributed by atoms with Crippen LogP contribution in [0, 0.1) is 12.8 Å². The number of rotatable bonds is 5. The lowest BCUT2D eigenvalue weighted by molar-refractivity contribution is -0.136. The van der Waals surface area contributed by atoms with Crippen molar-refractivity contribution in [2.45, 2.75) is 38.5 Å². The highest BCUT2D eigenvalue weighted by Gasteiger charge is 2.33. The Morgan fingerprint density at radius 2 is 1.83 bits per heavy atom. The van der Waals surface area contributed by atoms with Crippen molar-refractivity contribution in [3.05, 3.63) is 29.8 Å². The Labute approximate surface area is 139 Å². The van der Waals surface area contributed by atoms with Gasteiger partial charge in [-0.25, -0.2) is 8.42 Å². The Bertz CT molecular complexity index is 646. The Hall–Kier alpha value is -1.40. The van der Waals surface area contributed by atoms with Gasteiger partial charge < -0.3 is 4.90 Å². The second-order valence-corrected chi connectivity index (χ2v) is 7.94. The number of hydrogen-bond acceptors (Lipinski definition) is 3. The van der Waals surface area contributed by atoms with E-state index in [1.54, 1.807) is 18.2 Å². The third-order valence-electron chi connectivity index (χ3n) is 4.51. The van der Waals surface area contributed by atoms with Crippen LogP contribution in [0.3, 0.4) is 0 Å². The lowest BCUT2D eigenvalue weighted by atomic mass is 9.96. The van der Waals surface area contributed by atoms with Gasteiger partial charge in [0.05, 0.1) is 4.90 Å². The Balaban J connectivity index is 2.05. The highest BCUT2D eigenvalue weighted by Crippen LogP contribution is 2.25. The van der Waals surface area contributed by atoms with Crippen LogP contribution in [-0.4, -0.2) is 49.7 Å². The topological polar surface area (TPSA) is 57.7 Å². The lowest BCUT2D eigenvalue weighted by Gasteiger charge is -2.33. The summed E-state index contributed by atoms with van der Waals surface area (Å²) in [5, 5.41) is 0. The summed E-state index contributed by atoms with van der Waals surface area (Å²) >= 11 is 0. The first-order valence-electron chi connectivity index (χ1n) is 8.25. The van der Waals surface area contributed by atoms with Gasteiger partial charge in [0, 0.05) is 32.1 Å². The van der Waals surface area contributed by atoms with Gasteiger partial charge >= 0.3 is 0 Å². The first kappa shape index (κ1) is 17.9. The van der Waals surface area contributed by atoms with E-state index in [2.05, 4.69) is 0 Å². The van der Waals surface area contributed by atoms with Crippen LogP contribution in [0.4, 0.5) is 0 Å². The minimum atomic E-state index is -3.46. The summed E-state index contributed by atoms with van der Waals surface area (Å²) in [7, 11) is -3.46. The number of aryl methyl sites for hydroxylation is 1. The summed E-state index contributed by atoms with van der Waals surface area (Å²) in [5.74, 6) is 0.0986. The first-order chi connectivity index (χ1) is 10.9. The maximum atomic E-state index is 12.7. The van der Waals surface area contributed by atoms with Crippen LogP contribution in [0.1, 0.15) is 32.3 Å². The third kappa shape index (κ3) is 3.93. The van der Waals surface area contributed by atoms with Gasteiger partial charge in [-0.05, 0) is 51.3 Å². The Morgan fingerprint density at radius 1 is 1.22 bits per heavy atom. The molecule has 1 aromatic carbocycles. The maximum absolute atomic E-state index is 12.7. The summed E-state index contributed by atoms with van der Waals surface area (Å²) in [6.45, 7) is 8.06. The molecule has 1 amide bonds. The van der Waals surface area contributed by atoms with Crippen molar-refractivity contribution in [3.63, 3.8) is 0 Å². The molecule has 1 aliphatic heterocycles. The molecule has 1 heterocycles. The maximum Gasteiger partial charge on any atom is 0.243 e. The average molecular weight is 338 g/mol. The van der Waals surface area contributed by atoms with E-state index in [-0.39, 0.29) is 11.8 Å². The molecule has 0 radical (unpaired) electrons. The van der Waals surface area contributed by atoms with E-state index in [1.165, 1.54) is 4.31 Å². The SMILES string of the molecule is CCN(CC)C(=O)C1CCN(S(=O)(=O)c2cccc(C)c2)CC1. The first-order valence-corrected chi connectivity index (χ1v) is 9.69. The van der Waals surface area contributed by atoms with Crippen LogP contribution < -0.4 is 0 Å². The third-order valence-corrected chi connectivity index (χ3v) is 6.40. The molecule has 1 fully saturated rings. The predicted molar refractivity (Wildman–Crippen MR) is 90.6 cm³/mol. The van der Waals surface area contributed by atoms with E-state index in [4.69, 9.17) is 0 Å². The molecule has 5 nitrogen and oxygen atoms in total. The fraction of sp³-hybridized carbons (Fsp3) is 0.588. The zero-order chi connectivity index (χ0) is 17.0. The molecule has 1 aromatic rings. The molecule has 0 unspecified atom stereocenters. The summed E-state index contributed by atoms with van der Waals surface area (Å²) in [5.41, 5.74) is 0.928. The number of benzene rings is 1. The number of carbonyl (C=O) groups is 1. The van der Waals surface area contributed by atoms with Crippen molar-refractivity contribution in [2.24, 2.45) is 5.92 Å². The Kier molecular flexibility index (Phi) is 5.81. The molecule has 0 spiro atoms. The molecule has 0 atom stereocenters. The molecule has 0 bridgehead atoms. The van der Waals surface area contributed by atoms with E-state index >= 15 is 0 Å². The van der Waals surface area contributed by atoms with E-state index in [9.17, 15) is 13.2 Å². The summed E-state index contributed by atoms with van der Waals surface area (Å²) in [6, 6.07) is 6.98. The van der Waals surface area contributed by atoms with Gasteiger partial charge in [0.2, 0.25) is 15.9 Å². The average Bonchev–Trinajstić information content (AvgIpc) is 2.56. The number of hydrogen-bond donors (Lipinski definition) is 0. The molecule has 6 heteroatoms. The van der Waals surface area contributed by atoms with Gasteiger partial charge in [0.25, 0.3) is 0 Å². The number of amides is 1. The minimum Gasteiger partial charge on any atom is -0.343 e. The minimum absolute atomic E-state index is 0.0566. The fourth-order valence-corrected chi connectivity index (χ4v) is 4.64. The number of carbonyl (C=O) groups excluding carboxylic acids is 1. The summed E-state index contributed by atoms with van der Waals surface area (Å²) in [4.78, 5) is 14.6. The van der Waals surface area contributed by atoms with Gasteiger partial charge in [-0.15, -0.1) is 0 Å². The van der Waals surface area contributed by atoms with Gasteiger partial charge in [-0.1, -0.05) is 12.1 Å². The second kappa shape index (κ2) is 7.45. The quantitative estimate of drug-likeness (QED) is 0.827. The van der Waals surface area contributed by atoms with Crippen molar-refractivity contribution < 1.29 is 13.2 Å². The summed E-state index contributed by atoms with van der Waals surface area (Å²) < 4.78 is 26.9. The Morgan fingerprint density at radius 3 is 2.35 bits per heavy atom. The van der Waals surface area contributed by atoms with Crippen molar-refractivity contribution in [1.82, 2.24) is 9.21 Å².